The van der Waals surface area contributed by atoms with Gasteiger partial charge < -0.3 is 24.0 Å². The van der Waals surface area contributed by atoms with Gasteiger partial charge in [-0.15, -0.1) is 0 Å². The lowest BCUT2D eigenvalue weighted by Gasteiger charge is -2.42. The van der Waals surface area contributed by atoms with Gasteiger partial charge in [0.05, 0.1) is 35.1 Å². The van der Waals surface area contributed by atoms with Crippen molar-refractivity contribution >= 4 is 44.6 Å². The van der Waals surface area contributed by atoms with Crippen LogP contribution < -0.4 is 9.64 Å². The number of phenols is 1. The average Bonchev–Trinajstić information content (AvgIpc) is 3.55. The van der Waals surface area contributed by atoms with E-state index >= 15 is 4.39 Å². The first-order chi connectivity index (χ1) is 24.0. The summed E-state index contributed by atoms with van der Waals surface area (Å²) >= 11 is 0. The molecule has 0 spiro atoms. The van der Waals surface area contributed by atoms with Crippen LogP contribution in [0.1, 0.15) is 39.4 Å². The van der Waals surface area contributed by atoms with Crippen LogP contribution in [0.3, 0.4) is 0 Å². The van der Waals surface area contributed by atoms with E-state index in [0.29, 0.717) is 36.3 Å². The van der Waals surface area contributed by atoms with Crippen molar-refractivity contribution < 1.29 is 23.8 Å². The molecule has 6 aromatic rings. The third kappa shape index (κ3) is 5.68. The van der Waals surface area contributed by atoms with E-state index in [2.05, 4.69) is 14.9 Å². The molecule has 50 heavy (non-hydrogen) atoms. The zero-order valence-corrected chi connectivity index (χ0v) is 28.4. The lowest BCUT2D eigenvalue weighted by molar-refractivity contribution is 0.0122. The Labute approximate surface area is 288 Å². The minimum atomic E-state index is -0.641. The number of hydrogen-bond acceptors (Lipinski definition) is 9. The molecule has 256 valence electrons. The fourth-order valence-corrected chi connectivity index (χ4v) is 7.35. The highest BCUT2D eigenvalue weighted by Gasteiger charge is 2.45. The molecule has 2 aliphatic heterocycles. The summed E-state index contributed by atoms with van der Waals surface area (Å²) in [6, 6.07) is 18.4. The van der Waals surface area contributed by atoms with Crippen LogP contribution in [0, 0.1) is 5.82 Å². The fourth-order valence-electron chi connectivity index (χ4n) is 7.35. The van der Waals surface area contributed by atoms with Crippen molar-refractivity contribution in [1.82, 2.24) is 29.4 Å². The fraction of sp³-hybridized carbons (Fsp3) is 0.342. The third-order valence-corrected chi connectivity index (χ3v) is 9.57. The van der Waals surface area contributed by atoms with Crippen LogP contribution in [0.15, 0.2) is 66.9 Å². The first kappa shape index (κ1) is 31.7. The first-order valence-corrected chi connectivity index (χ1v) is 16.9. The number of halogens is 1. The number of aromatic nitrogens is 5. The second-order valence-corrected chi connectivity index (χ2v) is 14.1. The molecule has 12 heteroatoms. The Morgan fingerprint density at radius 1 is 0.980 bits per heavy atom. The maximum Gasteiger partial charge on any atom is 0.410 e. The van der Waals surface area contributed by atoms with Gasteiger partial charge in [0.1, 0.15) is 34.2 Å². The van der Waals surface area contributed by atoms with Crippen LogP contribution >= 0.6 is 0 Å². The van der Waals surface area contributed by atoms with Gasteiger partial charge in [0.25, 0.3) is 0 Å². The highest BCUT2D eigenvalue weighted by atomic mass is 19.1. The molecule has 11 nitrogen and oxygen atoms in total. The Balaban J connectivity index is 1.17. The van der Waals surface area contributed by atoms with E-state index in [1.54, 1.807) is 12.3 Å². The molecule has 5 heterocycles. The number of carbonyl (C=O) groups excluding carboxylic acids is 1. The summed E-state index contributed by atoms with van der Waals surface area (Å²) in [4.78, 5) is 35.9. The predicted molar refractivity (Wildman–Crippen MR) is 189 cm³/mol. The standard InChI is InChI=1S/C38H38FN7O4/c1-38(2,3)50-37(48)46-23-13-14-24(46)21-45(20-23)35-28-19-40-33(27-18-25(47)17-22-9-5-6-10-26(22)27)32(39)34(28)42-36(43-35)49-16-15-31-41-29-11-7-8-12-30(29)44(31)4/h5-12,17-19,23-24,47H,13-16,20-21H2,1-4H3. The van der Waals surface area contributed by atoms with Crippen molar-refractivity contribution in [3.63, 3.8) is 0 Å². The molecule has 0 saturated carbocycles. The van der Waals surface area contributed by atoms with E-state index < -0.39 is 11.4 Å². The zero-order chi connectivity index (χ0) is 34.7. The van der Waals surface area contributed by atoms with Crippen LogP contribution in [0.4, 0.5) is 15.0 Å². The molecule has 3 aromatic heterocycles. The van der Waals surface area contributed by atoms with E-state index in [4.69, 9.17) is 19.4 Å². The van der Waals surface area contributed by atoms with Crippen molar-refractivity contribution in [2.24, 2.45) is 7.05 Å². The van der Waals surface area contributed by atoms with Gasteiger partial charge in [-0.1, -0.05) is 36.4 Å². The predicted octanol–water partition coefficient (Wildman–Crippen LogP) is 6.79. The smallest absolute Gasteiger partial charge is 0.410 e. The van der Waals surface area contributed by atoms with Gasteiger partial charge in [0.2, 0.25) is 0 Å². The molecular weight excluding hydrogens is 637 g/mol. The summed E-state index contributed by atoms with van der Waals surface area (Å²) in [5.74, 6) is 0.702. The normalized spacial score (nSPS) is 17.6. The van der Waals surface area contributed by atoms with Crippen molar-refractivity contribution in [2.75, 3.05) is 24.6 Å². The number of imidazole rings is 1. The van der Waals surface area contributed by atoms with Crippen LogP contribution in [-0.4, -0.2) is 78.0 Å². The van der Waals surface area contributed by atoms with Crippen LogP contribution in [-0.2, 0) is 18.2 Å². The molecule has 2 bridgehead atoms. The maximum absolute atomic E-state index is 16.8. The number of phenolic OH excluding ortho intramolecular Hbond substituents is 1. The summed E-state index contributed by atoms with van der Waals surface area (Å²) in [5.41, 5.74) is 1.89. The molecular formula is C38H38FN7O4. The molecule has 8 rings (SSSR count). The van der Waals surface area contributed by atoms with Gasteiger partial charge in [-0.3, -0.25) is 9.88 Å². The number of carbonyl (C=O) groups is 1. The molecule has 2 saturated heterocycles. The Hall–Kier alpha value is -5.52. The zero-order valence-electron chi connectivity index (χ0n) is 28.4. The largest absolute Gasteiger partial charge is 0.508 e. The summed E-state index contributed by atoms with van der Waals surface area (Å²) in [5, 5.41) is 12.5. The molecule has 1 amide bonds. The molecule has 1 N–H and O–H groups in total. The Bertz CT molecular complexity index is 2270. The Morgan fingerprint density at radius 3 is 2.48 bits per heavy atom. The van der Waals surface area contributed by atoms with E-state index in [-0.39, 0.29) is 47.8 Å². The maximum atomic E-state index is 16.8. The van der Waals surface area contributed by atoms with Crippen LogP contribution in [0.2, 0.25) is 0 Å². The van der Waals surface area contributed by atoms with Crippen molar-refractivity contribution in [1.29, 1.82) is 0 Å². The quantitative estimate of drug-likeness (QED) is 0.204. The Kier molecular flexibility index (Phi) is 7.69. The number of pyridine rings is 1. The van der Waals surface area contributed by atoms with Crippen molar-refractivity contribution in [3.8, 4) is 23.0 Å². The number of amides is 1. The lowest BCUT2D eigenvalue weighted by atomic mass is 10.00. The molecule has 2 fully saturated rings. The Morgan fingerprint density at radius 2 is 1.72 bits per heavy atom. The first-order valence-electron chi connectivity index (χ1n) is 16.9. The topological polar surface area (TPSA) is 119 Å². The number of anilines is 1. The number of aromatic hydroxyl groups is 1. The molecule has 2 aliphatic rings. The van der Waals surface area contributed by atoms with Gasteiger partial charge in [-0.2, -0.15) is 9.97 Å². The van der Waals surface area contributed by atoms with E-state index in [1.807, 2.05) is 85.8 Å². The van der Waals surface area contributed by atoms with Gasteiger partial charge >= 0.3 is 12.1 Å². The number of ether oxygens (including phenoxy) is 2. The van der Waals surface area contributed by atoms with E-state index in [9.17, 15) is 9.90 Å². The molecule has 2 unspecified atom stereocenters. The summed E-state index contributed by atoms with van der Waals surface area (Å²) in [6.07, 6.45) is 3.41. The average molecular weight is 676 g/mol. The van der Waals surface area contributed by atoms with Gasteiger partial charge in [0, 0.05) is 38.3 Å². The van der Waals surface area contributed by atoms with Gasteiger partial charge in [0.15, 0.2) is 5.82 Å². The third-order valence-electron chi connectivity index (χ3n) is 9.57. The van der Waals surface area contributed by atoms with E-state index in [1.165, 1.54) is 6.07 Å². The monoisotopic (exact) mass is 675 g/mol. The number of fused-ring (bicyclic) bond motifs is 5. The second kappa shape index (κ2) is 12.1. The minimum Gasteiger partial charge on any atom is -0.508 e. The highest BCUT2D eigenvalue weighted by molar-refractivity contribution is 6.00. The molecule has 2 atom stereocenters. The number of benzene rings is 3. The number of hydrogen-bond donors (Lipinski definition) is 1. The molecule has 0 radical (unpaired) electrons. The molecule has 0 aliphatic carbocycles. The van der Waals surface area contributed by atoms with Crippen molar-refractivity contribution in [3.05, 3.63) is 78.5 Å². The SMILES string of the molecule is Cn1c(CCOc2nc(N3CC4CCC(C3)N4C(=O)OC(C)(C)C)c3cnc(-c4cc(O)cc5ccccc45)c(F)c3n2)nc2ccccc21. The van der Waals surface area contributed by atoms with Gasteiger partial charge in [-0.25, -0.2) is 14.2 Å². The number of para-hydroxylation sites is 2. The summed E-state index contributed by atoms with van der Waals surface area (Å²) in [7, 11) is 1.97. The van der Waals surface area contributed by atoms with Gasteiger partial charge in [-0.05, 0) is 68.7 Å². The minimum absolute atomic E-state index is 0.00711. The number of piperazine rings is 1. The number of rotatable bonds is 6. The second-order valence-electron chi connectivity index (χ2n) is 14.1. The van der Waals surface area contributed by atoms with Crippen LogP contribution in [0.5, 0.6) is 11.8 Å². The van der Waals surface area contributed by atoms with Crippen LogP contribution in [0.25, 0.3) is 44.0 Å². The van der Waals surface area contributed by atoms with Crippen molar-refractivity contribution in [2.45, 2.75) is 57.7 Å². The van der Waals surface area contributed by atoms with E-state index in [0.717, 1.165) is 40.5 Å². The summed E-state index contributed by atoms with van der Waals surface area (Å²) < 4.78 is 30.7. The summed E-state index contributed by atoms with van der Waals surface area (Å²) in [6.45, 7) is 6.79. The number of aryl methyl sites for hydroxylation is 1. The lowest BCUT2D eigenvalue weighted by Crippen LogP contribution is -2.57. The highest BCUT2D eigenvalue weighted by Crippen LogP contribution is 2.39. The molecule has 3 aromatic carbocycles. The number of nitrogens with zero attached hydrogens (tertiary/aromatic N) is 7.